The van der Waals surface area contributed by atoms with Crippen LogP contribution < -0.4 is 5.32 Å². The molecule has 0 unspecified atom stereocenters. The summed E-state index contributed by atoms with van der Waals surface area (Å²) in [6.45, 7) is 9.82. The van der Waals surface area contributed by atoms with Crippen molar-refractivity contribution in [1.82, 2.24) is 0 Å². The van der Waals surface area contributed by atoms with E-state index in [1.807, 2.05) is 0 Å². The number of anilines is 1. The van der Waals surface area contributed by atoms with Crippen molar-refractivity contribution in [3.05, 3.63) is 29.3 Å². The molecule has 1 rings (SSSR count). The predicted octanol–water partition coefficient (Wildman–Crippen LogP) is 3.09. The van der Waals surface area contributed by atoms with E-state index in [-0.39, 0.29) is 12.0 Å². The molecule has 1 aromatic rings. The van der Waals surface area contributed by atoms with Gasteiger partial charge in [-0.2, -0.15) is 0 Å². The summed E-state index contributed by atoms with van der Waals surface area (Å²) in [6, 6.07) is 6.56. The molecule has 0 aromatic heterocycles. The predicted molar refractivity (Wildman–Crippen MR) is 70.1 cm³/mol. The summed E-state index contributed by atoms with van der Waals surface area (Å²) in [5.74, 6) is 0. The van der Waals surface area contributed by atoms with Crippen molar-refractivity contribution < 1.29 is 5.11 Å². The Morgan fingerprint density at radius 2 is 1.94 bits per heavy atom. The maximum Gasteiger partial charge on any atom is 0.0447 e. The number of benzene rings is 1. The van der Waals surface area contributed by atoms with E-state index >= 15 is 0 Å². The highest BCUT2D eigenvalue weighted by molar-refractivity contribution is 5.53. The Labute approximate surface area is 98.7 Å². The molecule has 2 nitrogen and oxygen atoms in total. The fourth-order valence-corrected chi connectivity index (χ4v) is 1.58. The van der Waals surface area contributed by atoms with Crippen molar-refractivity contribution in [2.75, 3.05) is 18.5 Å². The molecule has 90 valence electrons. The van der Waals surface area contributed by atoms with Crippen molar-refractivity contribution in [2.45, 2.75) is 39.5 Å². The normalized spacial score (nSPS) is 11.6. The van der Waals surface area contributed by atoms with E-state index in [2.05, 4.69) is 51.2 Å². The van der Waals surface area contributed by atoms with Crippen LogP contribution in [0.2, 0.25) is 0 Å². The Kier molecular flexibility index (Phi) is 4.36. The Bertz CT molecular complexity index is 339. The fraction of sp³-hybridized carbons (Fsp3) is 0.571. The second-order valence-electron chi connectivity index (χ2n) is 5.28. The van der Waals surface area contributed by atoms with Crippen molar-refractivity contribution >= 4 is 5.69 Å². The molecule has 0 radical (unpaired) electrons. The van der Waals surface area contributed by atoms with Crippen LogP contribution in [0.4, 0.5) is 5.69 Å². The van der Waals surface area contributed by atoms with E-state index in [1.165, 1.54) is 16.8 Å². The highest BCUT2D eigenvalue weighted by Crippen LogP contribution is 2.26. The lowest BCUT2D eigenvalue weighted by molar-refractivity contribution is 0.292. The SMILES string of the molecule is Cc1ccc(C(C)(C)C)cc1NCCCO. The summed E-state index contributed by atoms with van der Waals surface area (Å²) in [5.41, 5.74) is 3.96. The van der Waals surface area contributed by atoms with Crippen molar-refractivity contribution in [3.63, 3.8) is 0 Å². The molecule has 2 N–H and O–H groups in total. The maximum absolute atomic E-state index is 8.76. The lowest BCUT2D eigenvalue weighted by Crippen LogP contribution is -2.12. The van der Waals surface area contributed by atoms with Crippen LogP contribution in [-0.2, 0) is 5.41 Å². The van der Waals surface area contributed by atoms with Gasteiger partial charge in [-0.25, -0.2) is 0 Å². The van der Waals surface area contributed by atoms with Crippen LogP contribution in [0.5, 0.6) is 0 Å². The van der Waals surface area contributed by atoms with Gasteiger partial charge in [0.25, 0.3) is 0 Å². The highest BCUT2D eigenvalue weighted by atomic mass is 16.3. The van der Waals surface area contributed by atoms with E-state index in [1.54, 1.807) is 0 Å². The molecule has 0 spiro atoms. The quantitative estimate of drug-likeness (QED) is 0.766. The summed E-state index contributed by atoms with van der Waals surface area (Å²) in [6.07, 6.45) is 0.791. The monoisotopic (exact) mass is 221 g/mol. The lowest BCUT2D eigenvalue weighted by atomic mass is 9.86. The van der Waals surface area contributed by atoms with Gasteiger partial charge in [-0.1, -0.05) is 32.9 Å². The van der Waals surface area contributed by atoms with Crippen molar-refractivity contribution in [2.24, 2.45) is 0 Å². The second-order valence-corrected chi connectivity index (χ2v) is 5.28. The smallest absolute Gasteiger partial charge is 0.0447 e. The zero-order valence-electron chi connectivity index (χ0n) is 10.8. The maximum atomic E-state index is 8.76. The van der Waals surface area contributed by atoms with Gasteiger partial charge in [0.05, 0.1) is 0 Å². The van der Waals surface area contributed by atoms with Gasteiger partial charge in [-0.3, -0.25) is 0 Å². The molecule has 0 atom stereocenters. The van der Waals surface area contributed by atoms with Gasteiger partial charge < -0.3 is 10.4 Å². The van der Waals surface area contributed by atoms with Gasteiger partial charge >= 0.3 is 0 Å². The molecule has 0 aliphatic heterocycles. The average molecular weight is 221 g/mol. The van der Waals surface area contributed by atoms with Gasteiger partial charge in [-0.15, -0.1) is 0 Å². The Morgan fingerprint density at radius 1 is 1.25 bits per heavy atom. The molecular formula is C14H23NO. The van der Waals surface area contributed by atoms with E-state index < -0.39 is 0 Å². The highest BCUT2D eigenvalue weighted by Gasteiger charge is 2.14. The minimum absolute atomic E-state index is 0.182. The molecule has 0 saturated heterocycles. The molecular weight excluding hydrogens is 198 g/mol. The van der Waals surface area contributed by atoms with Crippen LogP contribution in [-0.4, -0.2) is 18.3 Å². The van der Waals surface area contributed by atoms with E-state index in [9.17, 15) is 0 Å². The number of hydrogen-bond donors (Lipinski definition) is 2. The number of aryl methyl sites for hydroxylation is 1. The number of rotatable bonds is 4. The van der Waals surface area contributed by atoms with Gasteiger partial charge in [0, 0.05) is 18.8 Å². The summed E-state index contributed by atoms with van der Waals surface area (Å²) in [4.78, 5) is 0. The van der Waals surface area contributed by atoms with Crippen LogP contribution >= 0.6 is 0 Å². The minimum atomic E-state index is 0.182. The van der Waals surface area contributed by atoms with Crippen LogP contribution in [0.15, 0.2) is 18.2 Å². The minimum Gasteiger partial charge on any atom is -0.396 e. The molecule has 1 aromatic carbocycles. The Balaban J connectivity index is 2.83. The first kappa shape index (κ1) is 13.0. The first-order chi connectivity index (χ1) is 7.45. The van der Waals surface area contributed by atoms with Crippen molar-refractivity contribution in [1.29, 1.82) is 0 Å². The molecule has 0 aliphatic carbocycles. The third kappa shape index (κ3) is 3.53. The molecule has 0 saturated carbocycles. The summed E-state index contributed by atoms with van der Waals surface area (Å²) >= 11 is 0. The number of aliphatic hydroxyl groups is 1. The zero-order valence-corrected chi connectivity index (χ0v) is 10.8. The van der Waals surface area contributed by atoms with Crippen LogP contribution in [0.1, 0.15) is 38.3 Å². The Morgan fingerprint density at radius 3 is 2.50 bits per heavy atom. The third-order valence-corrected chi connectivity index (χ3v) is 2.75. The molecule has 0 bridgehead atoms. The van der Waals surface area contributed by atoms with Crippen LogP contribution in [0.25, 0.3) is 0 Å². The van der Waals surface area contributed by atoms with E-state index in [0.29, 0.717) is 0 Å². The van der Waals surface area contributed by atoms with Gasteiger partial charge in [-0.05, 0) is 36.0 Å². The standard InChI is InChI=1S/C14H23NO/c1-11-6-7-12(14(2,3)4)10-13(11)15-8-5-9-16/h6-7,10,15-16H,5,8-9H2,1-4H3. The van der Waals surface area contributed by atoms with E-state index in [4.69, 9.17) is 5.11 Å². The molecule has 0 fully saturated rings. The third-order valence-electron chi connectivity index (χ3n) is 2.75. The van der Waals surface area contributed by atoms with Crippen LogP contribution in [0.3, 0.4) is 0 Å². The zero-order chi connectivity index (χ0) is 12.2. The molecule has 0 amide bonds. The topological polar surface area (TPSA) is 32.3 Å². The molecule has 2 heteroatoms. The lowest BCUT2D eigenvalue weighted by Gasteiger charge is -2.21. The largest absolute Gasteiger partial charge is 0.396 e. The number of nitrogens with one attached hydrogen (secondary N) is 1. The molecule has 0 heterocycles. The first-order valence-corrected chi connectivity index (χ1v) is 5.91. The van der Waals surface area contributed by atoms with Crippen molar-refractivity contribution in [3.8, 4) is 0 Å². The summed E-state index contributed by atoms with van der Waals surface area (Å²) in [5, 5.41) is 12.1. The molecule has 0 aliphatic rings. The fourth-order valence-electron chi connectivity index (χ4n) is 1.58. The second kappa shape index (κ2) is 5.35. The summed E-state index contributed by atoms with van der Waals surface area (Å²) < 4.78 is 0. The molecule has 16 heavy (non-hydrogen) atoms. The first-order valence-electron chi connectivity index (χ1n) is 5.91. The van der Waals surface area contributed by atoms with E-state index in [0.717, 1.165) is 13.0 Å². The summed E-state index contributed by atoms with van der Waals surface area (Å²) in [7, 11) is 0. The Hall–Kier alpha value is -1.02. The number of aliphatic hydroxyl groups excluding tert-OH is 1. The van der Waals surface area contributed by atoms with Gasteiger partial charge in [0.1, 0.15) is 0 Å². The number of hydrogen-bond acceptors (Lipinski definition) is 2. The van der Waals surface area contributed by atoms with Gasteiger partial charge in [0.15, 0.2) is 0 Å². The van der Waals surface area contributed by atoms with Gasteiger partial charge in [0.2, 0.25) is 0 Å². The average Bonchev–Trinajstić information content (AvgIpc) is 2.19. The van der Waals surface area contributed by atoms with Crippen LogP contribution in [0, 0.1) is 6.92 Å².